The molecule has 1 N–H and O–H groups in total. The number of nitrogens with one attached hydrogen (secondary N) is 1. The first-order valence-corrected chi connectivity index (χ1v) is 11.2. The van der Waals surface area contributed by atoms with Gasteiger partial charge in [-0.2, -0.15) is 0 Å². The fraction of sp³-hybridized carbons (Fsp3) is 0.565. The number of amides is 4. The Labute approximate surface area is 188 Å². The van der Waals surface area contributed by atoms with E-state index in [1.165, 1.54) is 4.90 Å². The number of hydrogen-bond donors (Lipinski definition) is 1. The molecule has 174 valence electrons. The van der Waals surface area contributed by atoms with Gasteiger partial charge in [0.2, 0.25) is 5.91 Å². The van der Waals surface area contributed by atoms with Gasteiger partial charge in [0.1, 0.15) is 0 Å². The number of ether oxygens (including phenoxy) is 1. The van der Waals surface area contributed by atoms with Gasteiger partial charge in [0, 0.05) is 58.5 Å². The Bertz CT molecular complexity index is 864. The molecular formula is C23H32N4O5. The van der Waals surface area contributed by atoms with Crippen molar-refractivity contribution in [2.75, 3.05) is 59.5 Å². The second kappa shape index (κ2) is 11.2. The number of piperazine rings is 1. The molecule has 0 aliphatic carbocycles. The third kappa shape index (κ3) is 5.52. The first-order valence-electron chi connectivity index (χ1n) is 11.2. The van der Waals surface area contributed by atoms with E-state index in [0.717, 1.165) is 19.3 Å². The van der Waals surface area contributed by atoms with E-state index >= 15 is 0 Å². The molecule has 4 amide bonds. The van der Waals surface area contributed by atoms with Crippen molar-refractivity contribution in [3.8, 4) is 0 Å². The normalized spacial score (nSPS) is 16.4. The summed E-state index contributed by atoms with van der Waals surface area (Å²) in [4.78, 5) is 55.2. The summed E-state index contributed by atoms with van der Waals surface area (Å²) in [6.45, 7) is 6.11. The summed E-state index contributed by atoms with van der Waals surface area (Å²) in [6.07, 6.45) is 2.42. The zero-order valence-electron chi connectivity index (χ0n) is 18.9. The molecule has 3 rings (SSSR count). The standard InChI is InChI=1S/C23H32N4O5/c1-3-4-9-27-22(30)18-7-6-17(15-19(18)23(27)31)21(29)26-12-10-25(11-13-26)16-20(28)24-8-5-14-32-2/h6-7,15H,3-5,8-14,16H2,1-2H3,(H,24,28). The molecule has 1 aromatic rings. The molecule has 2 aliphatic heterocycles. The Hall–Kier alpha value is -2.78. The van der Waals surface area contributed by atoms with Crippen molar-refractivity contribution < 1.29 is 23.9 Å². The van der Waals surface area contributed by atoms with Gasteiger partial charge in [-0.3, -0.25) is 29.0 Å². The fourth-order valence-corrected chi connectivity index (χ4v) is 3.94. The van der Waals surface area contributed by atoms with Crippen LogP contribution in [0, 0.1) is 0 Å². The Morgan fingerprint density at radius 3 is 2.44 bits per heavy atom. The predicted octanol–water partition coefficient (Wildman–Crippen LogP) is 0.993. The van der Waals surface area contributed by atoms with E-state index in [2.05, 4.69) is 5.32 Å². The topological polar surface area (TPSA) is 99.3 Å². The van der Waals surface area contributed by atoms with E-state index in [4.69, 9.17) is 4.74 Å². The average Bonchev–Trinajstić information content (AvgIpc) is 3.04. The van der Waals surface area contributed by atoms with Gasteiger partial charge in [-0.1, -0.05) is 13.3 Å². The average molecular weight is 445 g/mol. The van der Waals surface area contributed by atoms with Crippen LogP contribution in [0.1, 0.15) is 57.3 Å². The van der Waals surface area contributed by atoms with Crippen LogP contribution in [0.2, 0.25) is 0 Å². The number of unbranched alkanes of at least 4 members (excludes halogenated alkanes) is 1. The molecule has 0 bridgehead atoms. The maximum Gasteiger partial charge on any atom is 0.261 e. The minimum Gasteiger partial charge on any atom is -0.385 e. The van der Waals surface area contributed by atoms with Crippen molar-refractivity contribution in [3.05, 3.63) is 34.9 Å². The molecule has 2 aliphatic rings. The first-order chi connectivity index (χ1) is 15.5. The lowest BCUT2D eigenvalue weighted by Crippen LogP contribution is -2.51. The molecular weight excluding hydrogens is 412 g/mol. The number of rotatable bonds is 10. The SMILES string of the molecule is CCCCN1C(=O)c2ccc(C(=O)N3CCN(CC(=O)NCCCOC)CC3)cc2C1=O. The summed E-state index contributed by atoms with van der Waals surface area (Å²) in [6, 6.07) is 4.75. The maximum atomic E-state index is 13.0. The second-order valence-electron chi connectivity index (χ2n) is 8.14. The molecule has 0 spiro atoms. The molecule has 0 radical (unpaired) electrons. The van der Waals surface area contributed by atoms with E-state index in [0.29, 0.717) is 69.1 Å². The van der Waals surface area contributed by atoms with Gasteiger partial charge < -0.3 is 15.0 Å². The highest BCUT2D eigenvalue weighted by Gasteiger charge is 2.36. The fourth-order valence-electron chi connectivity index (χ4n) is 3.94. The molecule has 0 atom stereocenters. The van der Waals surface area contributed by atoms with Gasteiger partial charge in [0.25, 0.3) is 17.7 Å². The highest BCUT2D eigenvalue weighted by Crippen LogP contribution is 2.25. The quantitative estimate of drug-likeness (QED) is 0.427. The van der Waals surface area contributed by atoms with Crippen LogP contribution in [-0.2, 0) is 9.53 Å². The molecule has 0 aromatic heterocycles. The molecule has 2 heterocycles. The van der Waals surface area contributed by atoms with Crippen molar-refractivity contribution in [2.24, 2.45) is 0 Å². The lowest BCUT2D eigenvalue weighted by molar-refractivity contribution is -0.122. The number of hydrogen-bond acceptors (Lipinski definition) is 6. The number of carbonyl (C=O) groups is 4. The van der Waals surface area contributed by atoms with Crippen LogP contribution in [0.3, 0.4) is 0 Å². The Morgan fingerprint density at radius 2 is 1.75 bits per heavy atom. The van der Waals surface area contributed by atoms with Gasteiger partial charge in [0.05, 0.1) is 17.7 Å². The van der Waals surface area contributed by atoms with E-state index < -0.39 is 0 Å². The van der Waals surface area contributed by atoms with Crippen molar-refractivity contribution in [2.45, 2.75) is 26.2 Å². The first kappa shape index (κ1) is 23.9. The number of methoxy groups -OCH3 is 1. The summed E-state index contributed by atoms with van der Waals surface area (Å²) >= 11 is 0. The van der Waals surface area contributed by atoms with Crippen LogP contribution in [-0.4, -0.2) is 97.9 Å². The van der Waals surface area contributed by atoms with Gasteiger partial charge in [-0.05, 0) is 31.0 Å². The van der Waals surface area contributed by atoms with Gasteiger partial charge in [-0.25, -0.2) is 0 Å². The summed E-state index contributed by atoms with van der Waals surface area (Å²) in [5.41, 5.74) is 1.08. The van der Waals surface area contributed by atoms with Gasteiger partial charge in [-0.15, -0.1) is 0 Å². The Balaban J connectivity index is 1.53. The summed E-state index contributed by atoms with van der Waals surface area (Å²) in [5, 5.41) is 2.87. The lowest BCUT2D eigenvalue weighted by Gasteiger charge is -2.34. The summed E-state index contributed by atoms with van der Waals surface area (Å²) in [7, 11) is 1.63. The Morgan fingerprint density at radius 1 is 1.03 bits per heavy atom. The van der Waals surface area contributed by atoms with Crippen LogP contribution in [0.25, 0.3) is 0 Å². The van der Waals surface area contributed by atoms with E-state index in [1.807, 2.05) is 11.8 Å². The summed E-state index contributed by atoms with van der Waals surface area (Å²) in [5.74, 6) is -0.806. The minimum absolute atomic E-state index is 0.0321. The van der Waals surface area contributed by atoms with Crippen molar-refractivity contribution in [1.82, 2.24) is 20.0 Å². The molecule has 9 nitrogen and oxygen atoms in total. The smallest absolute Gasteiger partial charge is 0.261 e. The number of fused-ring (bicyclic) bond motifs is 1. The lowest BCUT2D eigenvalue weighted by atomic mass is 10.0. The van der Waals surface area contributed by atoms with E-state index in [-0.39, 0.29) is 23.6 Å². The van der Waals surface area contributed by atoms with Crippen molar-refractivity contribution in [1.29, 1.82) is 0 Å². The third-order valence-corrected chi connectivity index (χ3v) is 5.83. The molecule has 0 saturated carbocycles. The second-order valence-corrected chi connectivity index (χ2v) is 8.14. The highest BCUT2D eigenvalue weighted by molar-refractivity contribution is 6.22. The molecule has 1 saturated heterocycles. The van der Waals surface area contributed by atoms with E-state index in [9.17, 15) is 19.2 Å². The van der Waals surface area contributed by atoms with Crippen LogP contribution >= 0.6 is 0 Å². The van der Waals surface area contributed by atoms with Crippen molar-refractivity contribution in [3.63, 3.8) is 0 Å². The van der Waals surface area contributed by atoms with Crippen LogP contribution in [0.5, 0.6) is 0 Å². The van der Waals surface area contributed by atoms with Gasteiger partial charge in [0.15, 0.2) is 0 Å². The predicted molar refractivity (Wildman–Crippen MR) is 119 cm³/mol. The Kier molecular flexibility index (Phi) is 8.35. The molecule has 9 heteroatoms. The summed E-state index contributed by atoms with van der Waals surface area (Å²) < 4.78 is 4.96. The number of benzene rings is 1. The third-order valence-electron chi connectivity index (χ3n) is 5.83. The molecule has 0 unspecified atom stereocenters. The zero-order valence-corrected chi connectivity index (χ0v) is 18.9. The largest absolute Gasteiger partial charge is 0.385 e. The van der Waals surface area contributed by atoms with Crippen molar-refractivity contribution >= 4 is 23.6 Å². The minimum atomic E-state index is -0.325. The molecule has 1 fully saturated rings. The highest BCUT2D eigenvalue weighted by atomic mass is 16.5. The maximum absolute atomic E-state index is 13.0. The molecule has 1 aromatic carbocycles. The van der Waals surface area contributed by atoms with E-state index in [1.54, 1.807) is 30.2 Å². The number of nitrogens with zero attached hydrogens (tertiary/aromatic N) is 3. The van der Waals surface area contributed by atoms with Gasteiger partial charge >= 0.3 is 0 Å². The van der Waals surface area contributed by atoms with Crippen LogP contribution < -0.4 is 5.32 Å². The van der Waals surface area contributed by atoms with Crippen LogP contribution in [0.4, 0.5) is 0 Å². The van der Waals surface area contributed by atoms with Crippen LogP contribution in [0.15, 0.2) is 18.2 Å². The number of carbonyl (C=O) groups excluding carboxylic acids is 4. The number of imide groups is 1. The monoisotopic (exact) mass is 444 g/mol. The molecule has 32 heavy (non-hydrogen) atoms. The zero-order chi connectivity index (χ0) is 23.1.